The van der Waals surface area contributed by atoms with Crippen molar-refractivity contribution in [2.45, 2.75) is 37.3 Å². The Labute approximate surface area is 150 Å². The van der Waals surface area contributed by atoms with E-state index in [-0.39, 0.29) is 12.5 Å². The number of carbonyl (C=O) groups is 1. The molecule has 2 heterocycles. The number of hydrogen-bond donors (Lipinski definition) is 4. The van der Waals surface area contributed by atoms with E-state index in [0.717, 1.165) is 0 Å². The lowest BCUT2D eigenvalue weighted by Crippen LogP contribution is -2.60. The summed E-state index contributed by atoms with van der Waals surface area (Å²) in [5, 5.41) is 39.1. The lowest BCUT2D eigenvalue weighted by Gasteiger charge is -2.39. The molecule has 2 fully saturated rings. The third-order valence-electron chi connectivity index (χ3n) is 4.51. The second-order valence-corrected chi connectivity index (χ2v) is 6.29. The van der Waals surface area contributed by atoms with Crippen molar-refractivity contribution in [3.8, 4) is 5.75 Å². The van der Waals surface area contributed by atoms with Gasteiger partial charge in [0, 0.05) is 18.7 Å². The van der Waals surface area contributed by atoms with E-state index in [1.165, 1.54) is 0 Å². The highest BCUT2D eigenvalue weighted by Gasteiger charge is 2.44. The Morgan fingerprint density at radius 2 is 1.92 bits per heavy atom. The zero-order valence-corrected chi connectivity index (χ0v) is 14.1. The van der Waals surface area contributed by atoms with Gasteiger partial charge in [-0.1, -0.05) is 18.2 Å². The lowest BCUT2D eigenvalue weighted by atomic mass is 9.99. The summed E-state index contributed by atoms with van der Waals surface area (Å²) in [6.45, 7) is 0.731. The molecular weight excluding hydrogens is 346 g/mol. The summed E-state index contributed by atoms with van der Waals surface area (Å²) >= 11 is 0. The van der Waals surface area contributed by atoms with E-state index in [0.29, 0.717) is 31.0 Å². The lowest BCUT2D eigenvalue weighted by molar-refractivity contribution is -0.277. The summed E-state index contributed by atoms with van der Waals surface area (Å²) in [6.07, 6.45) is -6.78. The molecule has 0 saturated carbocycles. The fourth-order valence-electron chi connectivity index (χ4n) is 2.96. The van der Waals surface area contributed by atoms with Crippen molar-refractivity contribution < 1.29 is 39.4 Å². The van der Waals surface area contributed by atoms with Crippen LogP contribution in [0.4, 0.5) is 0 Å². The quantitative estimate of drug-likeness (QED) is 0.480. The number of aliphatic hydroxyl groups is 4. The van der Waals surface area contributed by atoms with Crippen molar-refractivity contribution >= 4 is 5.91 Å². The first-order valence-corrected chi connectivity index (χ1v) is 8.42. The van der Waals surface area contributed by atoms with E-state index in [1.807, 2.05) is 0 Å². The van der Waals surface area contributed by atoms with Crippen LogP contribution in [0.5, 0.6) is 5.75 Å². The maximum absolute atomic E-state index is 11.9. The molecule has 3 rings (SSSR count). The summed E-state index contributed by atoms with van der Waals surface area (Å²) in [7, 11) is 0. The average molecular weight is 369 g/mol. The number of benzene rings is 1. The molecule has 26 heavy (non-hydrogen) atoms. The molecule has 0 unspecified atom stereocenters. The van der Waals surface area contributed by atoms with Gasteiger partial charge in [0.25, 0.3) is 0 Å². The van der Waals surface area contributed by atoms with Gasteiger partial charge in [-0.15, -0.1) is 0 Å². The highest BCUT2D eigenvalue weighted by Crippen LogP contribution is 2.27. The molecule has 2 aliphatic rings. The molecule has 9 nitrogen and oxygen atoms in total. The van der Waals surface area contributed by atoms with Crippen molar-refractivity contribution in [2.75, 3.05) is 26.4 Å². The third-order valence-corrected chi connectivity index (χ3v) is 4.51. The number of nitrogens with zero attached hydrogens (tertiary/aromatic N) is 1. The fraction of sp³-hybridized carbons (Fsp3) is 0.588. The second-order valence-electron chi connectivity index (χ2n) is 6.29. The molecule has 2 saturated heterocycles. The highest BCUT2D eigenvalue weighted by molar-refractivity contribution is 5.78. The second kappa shape index (κ2) is 8.30. The van der Waals surface area contributed by atoms with E-state index in [1.54, 1.807) is 29.2 Å². The van der Waals surface area contributed by atoms with Gasteiger partial charge in [-0.25, -0.2) is 0 Å². The SMILES string of the molecule is O=C1COCCN1Cc1ccccc1O[C@@H]1O[C@H](CO)[C@@H](O)[C@H](O)[C@H]1O. The molecule has 1 amide bonds. The molecule has 0 bridgehead atoms. The first kappa shape index (κ1) is 19.0. The van der Waals surface area contributed by atoms with Crippen LogP contribution in [0.25, 0.3) is 0 Å². The minimum absolute atomic E-state index is 0.0374. The van der Waals surface area contributed by atoms with E-state index in [4.69, 9.17) is 14.2 Å². The van der Waals surface area contributed by atoms with Crippen molar-refractivity contribution in [1.29, 1.82) is 0 Å². The van der Waals surface area contributed by atoms with Gasteiger partial charge in [0.15, 0.2) is 0 Å². The van der Waals surface area contributed by atoms with Crippen molar-refractivity contribution in [2.24, 2.45) is 0 Å². The van der Waals surface area contributed by atoms with E-state index < -0.39 is 37.3 Å². The number of carbonyl (C=O) groups excluding carboxylic acids is 1. The highest BCUT2D eigenvalue weighted by atomic mass is 16.7. The average Bonchev–Trinajstić information content (AvgIpc) is 2.65. The van der Waals surface area contributed by atoms with Gasteiger partial charge < -0.3 is 39.5 Å². The Morgan fingerprint density at radius 1 is 1.15 bits per heavy atom. The van der Waals surface area contributed by atoms with Crippen LogP contribution in [0.3, 0.4) is 0 Å². The molecule has 5 atom stereocenters. The van der Waals surface area contributed by atoms with Crippen molar-refractivity contribution in [1.82, 2.24) is 4.90 Å². The van der Waals surface area contributed by atoms with Gasteiger partial charge in [-0.2, -0.15) is 0 Å². The Hall–Kier alpha value is -1.75. The zero-order valence-electron chi connectivity index (χ0n) is 14.1. The summed E-state index contributed by atoms with van der Waals surface area (Å²) in [5.74, 6) is 0.245. The molecule has 0 aromatic heterocycles. The predicted molar refractivity (Wildman–Crippen MR) is 87.1 cm³/mol. The number of hydrogen-bond acceptors (Lipinski definition) is 8. The molecule has 1 aromatic carbocycles. The normalized spacial score (nSPS) is 32.5. The summed E-state index contributed by atoms with van der Waals surface area (Å²) in [5.41, 5.74) is 0.694. The van der Waals surface area contributed by atoms with E-state index in [9.17, 15) is 25.2 Å². The topological polar surface area (TPSA) is 129 Å². The fourth-order valence-corrected chi connectivity index (χ4v) is 2.96. The molecule has 0 aliphatic carbocycles. The zero-order chi connectivity index (χ0) is 18.7. The molecular formula is C17H23NO8. The first-order valence-electron chi connectivity index (χ1n) is 8.42. The smallest absolute Gasteiger partial charge is 0.248 e. The minimum atomic E-state index is -1.51. The van der Waals surface area contributed by atoms with Gasteiger partial charge in [0.2, 0.25) is 12.2 Å². The molecule has 2 aliphatic heterocycles. The summed E-state index contributed by atoms with van der Waals surface area (Å²) in [6, 6.07) is 6.95. The number of morpholine rings is 1. The van der Waals surface area contributed by atoms with Crippen LogP contribution >= 0.6 is 0 Å². The van der Waals surface area contributed by atoms with Crippen LogP contribution in [0.15, 0.2) is 24.3 Å². The van der Waals surface area contributed by atoms with E-state index in [2.05, 4.69) is 0 Å². The van der Waals surface area contributed by atoms with Gasteiger partial charge >= 0.3 is 0 Å². The number of ether oxygens (including phenoxy) is 3. The van der Waals surface area contributed by atoms with Crippen LogP contribution in [-0.2, 0) is 20.8 Å². The third kappa shape index (κ3) is 3.98. The summed E-state index contributed by atoms with van der Waals surface area (Å²) in [4.78, 5) is 13.6. The van der Waals surface area contributed by atoms with Gasteiger partial charge in [-0.05, 0) is 6.07 Å². The molecule has 0 spiro atoms. The van der Waals surface area contributed by atoms with Crippen molar-refractivity contribution in [3.63, 3.8) is 0 Å². The predicted octanol–water partition coefficient (Wildman–Crippen LogP) is -1.78. The Bertz CT molecular complexity index is 625. The van der Waals surface area contributed by atoms with Gasteiger partial charge in [0.1, 0.15) is 36.8 Å². The number of rotatable bonds is 5. The number of aliphatic hydroxyl groups excluding tert-OH is 4. The van der Waals surface area contributed by atoms with Gasteiger partial charge in [0.05, 0.1) is 13.2 Å². The molecule has 0 radical (unpaired) electrons. The molecule has 4 N–H and O–H groups in total. The minimum Gasteiger partial charge on any atom is -0.462 e. The first-order chi connectivity index (χ1) is 12.5. The monoisotopic (exact) mass is 369 g/mol. The maximum Gasteiger partial charge on any atom is 0.248 e. The maximum atomic E-state index is 11.9. The summed E-state index contributed by atoms with van der Waals surface area (Å²) < 4.78 is 16.2. The van der Waals surface area contributed by atoms with Crippen LogP contribution < -0.4 is 4.74 Å². The Balaban J connectivity index is 1.74. The molecule has 9 heteroatoms. The van der Waals surface area contributed by atoms with E-state index >= 15 is 0 Å². The Kier molecular flexibility index (Phi) is 6.07. The number of amides is 1. The largest absolute Gasteiger partial charge is 0.462 e. The van der Waals surface area contributed by atoms with Crippen LogP contribution in [0.1, 0.15) is 5.56 Å². The number of para-hydroxylation sites is 1. The van der Waals surface area contributed by atoms with Gasteiger partial charge in [-0.3, -0.25) is 4.79 Å². The van der Waals surface area contributed by atoms with Crippen molar-refractivity contribution in [3.05, 3.63) is 29.8 Å². The molecule has 144 valence electrons. The Morgan fingerprint density at radius 3 is 2.65 bits per heavy atom. The van der Waals surface area contributed by atoms with Crippen LogP contribution in [0.2, 0.25) is 0 Å². The molecule has 1 aromatic rings. The van der Waals surface area contributed by atoms with Crippen LogP contribution in [-0.4, -0.2) is 88.3 Å². The standard InChI is InChI=1S/C17H23NO8/c19-8-12-14(21)15(22)16(23)17(26-12)25-11-4-2-1-3-10(11)7-18-5-6-24-9-13(18)20/h1-4,12,14-17,19,21-23H,5-9H2/t12-,14-,15+,16-,17-/m1/s1. The van der Waals surface area contributed by atoms with Crippen LogP contribution in [0, 0.1) is 0 Å².